The first-order chi connectivity index (χ1) is 9.20. The van der Waals surface area contributed by atoms with Gasteiger partial charge in [-0.15, -0.1) is 0 Å². The van der Waals surface area contributed by atoms with E-state index in [4.69, 9.17) is 21.1 Å². The number of hydrogen-bond acceptors (Lipinski definition) is 3. The average Bonchev–Trinajstić information content (AvgIpc) is 2.39. The molecule has 0 aromatic heterocycles. The first-order valence-corrected chi connectivity index (χ1v) is 6.90. The fourth-order valence-electron chi connectivity index (χ4n) is 2.35. The van der Waals surface area contributed by atoms with Gasteiger partial charge in [0.15, 0.2) is 0 Å². The van der Waals surface area contributed by atoms with Gasteiger partial charge in [0.05, 0.1) is 25.3 Å². The summed E-state index contributed by atoms with van der Waals surface area (Å²) in [6.45, 7) is 4.53. The lowest BCUT2D eigenvalue weighted by molar-refractivity contribution is 0.0374. The molecule has 1 saturated heterocycles. The number of rotatable bonds is 5. The van der Waals surface area contributed by atoms with Gasteiger partial charge < -0.3 is 9.47 Å². The molecular weight excluding hydrogens is 269 g/mol. The Bertz CT molecular complexity index is 422. The highest BCUT2D eigenvalue weighted by atomic mass is 35.5. The summed E-state index contributed by atoms with van der Waals surface area (Å²) in [7, 11) is 1.56. The Labute approximate surface area is 118 Å². The third-order valence-corrected chi connectivity index (χ3v) is 3.59. The normalized spacial score (nSPS) is 16.6. The number of nitrogens with zero attached hydrogens (tertiary/aromatic N) is 1. The summed E-state index contributed by atoms with van der Waals surface area (Å²) in [4.78, 5) is 2.36. The van der Waals surface area contributed by atoms with Gasteiger partial charge in [0, 0.05) is 13.1 Å². The van der Waals surface area contributed by atoms with Crippen LogP contribution in [-0.2, 0) is 11.2 Å². The molecule has 0 amide bonds. The van der Waals surface area contributed by atoms with Crippen LogP contribution in [0.1, 0.15) is 12.0 Å². The SMILES string of the molecule is COc1c(Cl)cc(F)cc1CCCN1CCOCC1. The summed E-state index contributed by atoms with van der Waals surface area (Å²) in [5.41, 5.74) is 0.834. The first kappa shape index (κ1) is 14.6. The number of aryl methyl sites for hydroxylation is 1. The Kier molecular flexibility index (Phi) is 5.43. The average molecular weight is 288 g/mol. The second kappa shape index (κ2) is 7.08. The lowest BCUT2D eigenvalue weighted by Gasteiger charge is -2.26. The maximum Gasteiger partial charge on any atom is 0.140 e. The van der Waals surface area contributed by atoms with Gasteiger partial charge in [-0.25, -0.2) is 4.39 Å². The molecule has 0 saturated carbocycles. The van der Waals surface area contributed by atoms with E-state index < -0.39 is 0 Å². The summed E-state index contributed by atoms with van der Waals surface area (Å²) >= 11 is 5.97. The van der Waals surface area contributed by atoms with E-state index in [0.29, 0.717) is 10.8 Å². The Hall–Kier alpha value is -0.840. The third-order valence-electron chi connectivity index (χ3n) is 3.31. The van der Waals surface area contributed by atoms with Gasteiger partial charge in [0.1, 0.15) is 11.6 Å². The number of ether oxygens (including phenoxy) is 2. The van der Waals surface area contributed by atoms with Crippen molar-refractivity contribution >= 4 is 11.6 Å². The van der Waals surface area contributed by atoms with E-state index in [0.717, 1.165) is 51.3 Å². The van der Waals surface area contributed by atoms with Gasteiger partial charge in [0.2, 0.25) is 0 Å². The molecule has 106 valence electrons. The van der Waals surface area contributed by atoms with Crippen molar-refractivity contribution in [2.75, 3.05) is 40.0 Å². The van der Waals surface area contributed by atoms with E-state index in [2.05, 4.69) is 4.90 Å². The maximum absolute atomic E-state index is 13.4. The smallest absolute Gasteiger partial charge is 0.140 e. The molecule has 0 spiro atoms. The van der Waals surface area contributed by atoms with Crippen LogP contribution >= 0.6 is 11.6 Å². The standard InChI is InChI=1S/C14H19ClFNO2/c1-18-14-11(9-12(16)10-13(14)15)3-2-4-17-5-7-19-8-6-17/h9-10H,2-8H2,1H3. The molecule has 1 aromatic carbocycles. The van der Waals surface area contributed by atoms with Crippen molar-refractivity contribution in [3.63, 3.8) is 0 Å². The summed E-state index contributed by atoms with van der Waals surface area (Å²) in [5.74, 6) is 0.275. The van der Waals surface area contributed by atoms with Crippen molar-refractivity contribution in [2.45, 2.75) is 12.8 Å². The largest absolute Gasteiger partial charge is 0.495 e. The van der Waals surface area contributed by atoms with E-state index in [9.17, 15) is 4.39 Å². The Morgan fingerprint density at radius 3 is 2.79 bits per heavy atom. The fraction of sp³-hybridized carbons (Fsp3) is 0.571. The second-order valence-electron chi connectivity index (χ2n) is 4.64. The van der Waals surface area contributed by atoms with Gasteiger partial charge in [-0.05, 0) is 37.1 Å². The zero-order chi connectivity index (χ0) is 13.7. The number of methoxy groups -OCH3 is 1. The number of halogens is 2. The fourth-order valence-corrected chi connectivity index (χ4v) is 2.65. The molecule has 1 fully saturated rings. The highest BCUT2D eigenvalue weighted by Crippen LogP contribution is 2.30. The maximum atomic E-state index is 13.4. The molecule has 1 aliphatic rings. The molecule has 0 aliphatic carbocycles. The molecule has 1 aromatic rings. The first-order valence-electron chi connectivity index (χ1n) is 6.52. The van der Waals surface area contributed by atoms with Gasteiger partial charge in [-0.2, -0.15) is 0 Å². The number of morpholine rings is 1. The topological polar surface area (TPSA) is 21.7 Å². The number of hydrogen-bond donors (Lipinski definition) is 0. The summed E-state index contributed by atoms with van der Waals surface area (Å²) in [5, 5.41) is 0.337. The molecule has 2 rings (SSSR count). The van der Waals surface area contributed by atoms with Gasteiger partial charge in [0.25, 0.3) is 0 Å². The van der Waals surface area contributed by atoms with E-state index in [-0.39, 0.29) is 5.82 Å². The van der Waals surface area contributed by atoms with E-state index in [1.54, 1.807) is 7.11 Å². The van der Waals surface area contributed by atoms with Crippen molar-refractivity contribution in [1.29, 1.82) is 0 Å². The van der Waals surface area contributed by atoms with Gasteiger partial charge >= 0.3 is 0 Å². The lowest BCUT2D eigenvalue weighted by Crippen LogP contribution is -2.36. The van der Waals surface area contributed by atoms with Crippen LogP contribution in [0.2, 0.25) is 5.02 Å². The van der Waals surface area contributed by atoms with Gasteiger partial charge in [-0.1, -0.05) is 11.6 Å². The molecule has 5 heteroatoms. The van der Waals surface area contributed by atoms with E-state index in [1.807, 2.05) is 0 Å². The molecule has 0 bridgehead atoms. The Balaban J connectivity index is 1.91. The molecule has 0 unspecified atom stereocenters. The third kappa shape index (κ3) is 4.06. The Morgan fingerprint density at radius 2 is 2.11 bits per heavy atom. The predicted molar refractivity (Wildman–Crippen MR) is 73.5 cm³/mol. The van der Waals surface area contributed by atoms with Crippen molar-refractivity contribution in [3.8, 4) is 5.75 Å². The highest BCUT2D eigenvalue weighted by Gasteiger charge is 2.13. The second-order valence-corrected chi connectivity index (χ2v) is 5.04. The van der Waals surface area contributed by atoms with Gasteiger partial charge in [-0.3, -0.25) is 4.90 Å². The van der Waals surface area contributed by atoms with Crippen molar-refractivity contribution in [2.24, 2.45) is 0 Å². The van der Waals surface area contributed by atoms with Crippen molar-refractivity contribution in [1.82, 2.24) is 4.90 Å². The molecule has 19 heavy (non-hydrogen) atoms. The van der Waals surface area contributed by atoms with Crippen molar-refractivity contribution in [3.05, 3.63) is 28.5 Å². The molecule has 0 N–H and O–H groups in total. The van der Waals surface area contributed by atoms with E-state index >= 15 is 0 Å². The van der Waals surface area contributed by atoms with Crippen molar-refractivity contribution < 1.29 is 13.9 Å². The zero-order valence-electron chi connectivity index (χ0n) is 11.1. The number of benzene rings is 1. The minimum Gasteiger partial charge on any atom is -0.495 e. The highest BCUT2D eigenvalue weighted by molar-refractivity contribution is 6.32. The zero-order valence-corrected chi connectivity index (χ0v) is 11.9. The van der Waals surface area contributed by atoms with Crippen LogP contribution in [0.25, 0.3) is 0 Å². The molecule has 0 radical (unpaired) electrons. The van der Waals surface area contributed by atoms with Crippen LogP contribution in [0.15, 0.2) is 12.1 Å². The summed E-state index contributed by atoms with van der Waals surface area (Å²) in [6, 6.07) is 2.79. The van der Waals surface area contributed by atoms with Crippen LogP contribution in [0.3, 0.4) is 0 Å². The Morgan fingerprint density at radius 1 is 1.37 bits per heavy atom. The molecular formula is C14H19ClFNO2. The minimum atomic E-state index is -0.313. The van der Waals surface area contributed by atoms with E-state index in [1.165, 1.54) is 12.1 Å². The molecule has 0 atom stereocenters. The quantitative estimate of drug-likeness (QED) is 0.831. The molecule has 1 aliphatic heterocycles. The van der Waals surface area contributed by atoms with Crippen LogP contribution in [0, 0.1) is 5.82 Å². The summed E-state index contributed by atoms with van der Waals surface area (Å²) in [6.07, 6.45) is 1.72. The molecule has 1 heterocycles. The van der Waals surface area contributed by atoms with Crippen LogP contribution < -0.4 is 4.74 Å². The predicted octanol–water partition coefficient (Wildman–Crippen LogP) is 2.75. The van der Waals surface area contributed by atoms with Crippen LogP contribution in [0.5, 0.6) is 5.75 Å². The van der Waals surface area contributed by atoms with Crippen LogP contribution in [-0.4, -0.2) is 44.9 Å². The lowest BCUT2D eigenvalue weighted by atomic mass is 10.1. The molecule has 3 nitrogen and oxygen atoms in total. The summed E-state index contributed by atoms with van der Waals surface area (Å²) < 4.78 is 23.9. The monoisotopic (exact) mass is 287 g/mol. The minimum absolute atomic E-state index is 0.313. The van der Waals surface area contributed by atoms with Crippen LogP contribution in [0.4, 0.5) is 4.39 Å².